The number of nitrogens with zero attached hydrogens (tertiary/aromatic N) is 4. The van der Waals surface area contributed by atoms with Gasteiger partial charge in [-0.3, -0.25) is 9.69 Å². The number of piperazine rings is 1. The molecule has 1 atom stereocenters. The summed E-state index contributed by atoms with van der Waals surface area (Å²) >= 11 is 1.01. The number of fused-ring (bicyclic) bond motifs is 2. The van der Waals surface area contributed by atoms with Gasteiger partial charge < -0.3 is 5.32 Å². The van der Waals surface area contributed by atoms with Crippen LogP contribution < -0.4 is 5.32 Å². The highest BCUT2D eigenvalue weighted by molar-refractivity contribution is 7.89. The van der Waals surface area contributed by atoms with Crippen LogP contribution >= 0.6 is 11.7 Å². The third kappa shape index (κ3) is 2.59. The zero-order valence-electron chi connectivity index (χ0n) is 12.9. The maximum atomic E-state index is 13.1. The molecular weight excluding hydrogens is 350 g/mol. The van der Waals surface area contributed by atoms with Crippen LogP contribution in [0.25, 0.3) is 11.0 Å². The Bertz CT molecular complexity index is 881. The smallest absolute Gasteiger partial charge is 0.245 e. The van der Waals surface area contributed by atoms with Crippen LogP contribution in [0.2, 0.25) is 0 Å². The Labute approximate surface area is 143 Å². The Morgan fingerprint density at radius 3 is 2.92 bits per heavy atom. The Hall–Kier alpha value is -1.62. The fourth-order valence-corrected chi connectivity index (χ4v) is 5.53. The van der Waals surface area contributed by atoms with Gasteiger partial charge in [0.05, 0.1) is 17.8 Å². The summed E-state index contributed by atoms with van der Waals surface area (Å²) in [5, 5.41) is 2.85. The van der Waals surface area contributed by atoms with Crippen molar-refractivity contribution < 1.29 is 13.2 Å². The first kappa shape index (κ1) is 15.9. The molecule has 0 saturated carbocycles. The second kappa shape index (κ2) is 6.03. The molecular formula is C14H17N5O3S2. The van der Waals surface area contributed by atoms with Crippen LogP contribution in [0.15, 0.2) is 23.1 Å². The number of aromatic nitrogens is 2. The van der Waals surface area contributed by atoms with Crippen LogP contribution in [0.3, 0.4) is 0 Å². The van der Waals surface area contributed by atoms with Crippen molar-refractivity contribution in [3.05, 3.63) is 18.2 Å². The molecule has 1 aromatic heterocycles. The van der Waals surface area contributed by atoms with Gasteiger partial charge in [0.15, 0.2) is 0 Å². The summed E-state index contributed by atoms with van der Waals surface area (Å²) < 4.78 is 35.9. The van der Waals surface area contributed by atoms with Gasteiger partial charge in [0, 0.05) is 32.7 Å². The van der Waals surface area contributed by atoms with Crippen molar-refractivity contribution in [2.75, 3.05) is 32.7 Å². The van der Waals surface area contributed by atoms with Crippen molar-refractivity contribution in [1.29, 1.82) is 0 Å². The van der Waals surface area contributed by atoms with Gasteiger partial charge in [0.1, 0.15) is 15.9 Å². The first-order valence-electron chi connectivity index (χ1n) is 7.80. The SMILES string of the molecule is O=C1NCCN2CCN(S(=O)(=O)c3cccc4nsnc34)CCC12. The number of carbonyl (C=O) groups is 1. The predicted octanol–water partition coefficient (Wildman–Crippen LogP) is -0.114. The minimum atomic E-state index is -3.66. The van der Waals surface area contributed by atoms with Gasteiger partial charge in [-0.05, 0) is 18.6 Å². The average Bonchev–Trinajstić information content (AvgIpc) is 2.93. The minimum absolute atomic E-state index is 0.00805. The molecule has 3 heterocycles. The molecule has 2 aromatic rings. The molecule has 1 amide bonds. The highest BCUT2D eigenvalue weighted by Gasteiger charge is 2.36. The van der Waals surface area contributed by atoms with Crippen LogP contribution in [-0.4, -0.2) is 71.0 Å². The second-order valence-corrected chi connectivity index (χ2v) is 8.36. The molecule has 1 unspecified atom stereocenters. The number of amides is 1. The molecule has 2 saturated heterocycles. The molecule has 1 aromatic carbocycles. The van der Waals surface area contributed by atoms with Gasteiger partial charge >= 0.3 is 0 Å². The van der Waals surface area contributed by atoms with E-state index in [-0.39, 0.29) is 16.8 Å². The number of sulfonamides is 1. The van der Waals surface area contributed by atoms with Crippen LogP contribution in [-0.2, 0) is 14.8 Å². The van der Waals surface area contributed by atoms with E-state index in [2.05, 4.69) is 19.0 Å². The largest absolute Gasteiger partial charge is 0.353 e. The molecule has 0 bridgehead atoms. The zero-order chi connectivity index (χ0) is 16.7. The molecule has 10 heteroatoms. The number of nitrogens with one attached hydrogen (secondary N) is 1. The van der Waals surface area contributed by atoms with Gasteiger partial charge in [-0.2, -0.15) is 13.1 Å². The van der Waals surface area contributed by atoms with Gasteiger partial charge in [0.2, 0.25) is 15.9 Å². The number of hydrogen-bond acceptors (Lipinski definition) is 7. The van der Waals surface area contributed by atoms with E-state index in [0.29, 0.717) is 43.6 Å². The van der Waals surface area contributed by atoms with E-state index in [4.69, 9.17) is 0 Å². The molecule has 24 heavy (non-hydrogen) atoms. The molecule has 2 aliphatic heterocycles. The summed E-state index contributed by atoms with van der Waals surface area (Å²) in [7, 11) is -3.66. The number of hydrogen-bond donors (Lipinski definition) is 1. The van der Waals surface area contributed by atoms with E-state index in [1.165, 1.54) is 4.31 Å². The fraction of sp³-hybridized carbons (Fsp3) is 0.500. The monoisotopic (exact) mass is 367 g/mol. The maximum Gasteiger partial charge on any atom is 0.245 e. The summed E-state index contributed by atoms with van der Waals surface area (Å²) in [4.78, 5) is 14.3. The Kier molecular flexibility index (Phi) is 3.99. The molecule has 0 aliphatic carbocycles. The second-order valence-electron chi connectivity index (χ2n) is 5.92. The van der Waals surface area contributed by atoms with E-state index in [9.17, 15) is 13.2 Å². The molecule has 0 spiro atoms. The molecule has 2 fully saturated rings. The molecule has 8 nitrogen and oxygen atoms in total. The Morgan fingerprint density at radius 2 is 2.04 bits per heavy atom. The highest BCUT2D eigenvalue weighted by atomic mass is 32.2. The van der Waals surface area contributed by atoms with Crippen molar-refractivity contribution in [3.8, 4) is 0 Å². The van der Waals surface area contributed by atoms with E-state index in [0.717, 1.165) is 18.3 Å². The molecule has 2 aliphatic rings. The van der Waals surface area contributed by atoms with Gasteiger partial charge in [-0.15, -0.1) is 0 Å². The first-order chi connectivity index (χ1) is 11.6. The number of rotatable bonds is 2. The van der Waals surface area contributed by atoms with Gasteiger partial charge in [-0.25, -0.2) is 8.42 Å². The summed E-state index contributed by atoms with van der Waals surface area (Å²) in [6.07, 6.45) is 0.496. The lowest BCUT2D eigenvalue weighted by molar-refractivity contribution is -0.128. The number of benzene rings is 1. The fourth-order valence-electron chi connectivity index (χ4n) is 3.33. The molecule has 0 radical (unpaired) electrons. The normalized spacial score (nSPS) is 23.7. The van der Waals surface area contributed by atoms with Gasteiger partial charge in [0.25, 0.3) is 0 Å². The Morgan fingerprint density at radius 1 is 1.17 bits per heavy atom. The minimum Gasteiger partial charge on any atom is -0.353 e. The molecule has 128 valence electrons. The van der Waals surface area contributed by atoms with Crippen LogP contribution in [0.5, 0.6) is 0 Å². The van der Waals surface area contributed by atoms with Crippen LogP contribution in [0, 0.1) is 0 Å². The first-order valence-corrected chi connectivity index (χ1v) is 9.97. The predicted molar refractivity (Wildman–Crippen MR) is 89.2 cm³/mol. The zero-order valence-corrected chi connectivity index (χ0v) is 14.5. The van der Waals surface area contributed by atoms with Crippen molar-refractivity contribution >= 4 is 38.7 Å². The lowest BCUT2D eigenvalue weighted by Crippen LogP contribution is -2.55. The summed E-state index contributed by atoms with van der Waals surface area (Å²) in [6, 6.07) is 4.77. The van der Waals surface area contributed by atoms with Crippen molar-refractivity contribution in [3.63, 3.8) is 0 Å². The lowest BCUT2D eigenvalue weighted by atomic mass is 10.1. The summed E-state index contributed by atoms with van der Waals surface area (Å²) in [5.74, 6) is -0.00805. The number of carbonyl (C=O) groups excluding carboxylic acids is 1. The van der Waals surface area contributed by atoms with E-state index >= 15 is 0 Å². The highest BCUT2D eigenvalue weighted by Crippen LogP contribution is 2.26. The van der Waals surface area contributed by atoms with E-state index in [1.54, 1.807) is 18.2 Å². The maximum absolute atomic E-state index is 13.1. The van der Waals surface area contributed by atoms with Gasteiger partial charge in [-0.1, -0.05) is 6.07 Å². The third-order valence-electron chi connectivity index (χ3n) is 4.60. The Balaban J connectivity index is 1.65. The van der Waals surface area contributed by atoms with Crippen molar-refractivity contribution in [2.45, 2.75) is 17.4 Å². The van der Waals surface area contributed by atoms with Crippen molar-refractivity contribution in [1.82, 2.24) is 23.3 Å². The summed E-state index contributed by atoms with van der Waals surface area (Å²) in [6.45, 7) is 2.63. The average molecular weight is 367 g/mol. The van der Waals surface area contributed by atoms with E-state index in [1.807, 2.05) is 0 Å². The third-order valence-corrected chi connectivity index (χ3v) is 7.07. The lowest BCUT2D eigenvalue weighted by Gasteiger charge is -2.32. The summed E-state index contributed by atoms with van der Waals surface area (Å²) in [5.41, 5.74) is 1.01. The molecule has 1 N–H and O–H groups in total. The quantitative estimate of drug-likeness (QED) is 0.796. The topological polar surface area (TPSA) is 95.5 Å². The van der Waals surface area contributed by atoms with E-state index < -0.39 is 10.0 Å². The molecule has 4 rings (SSSR count). The van der Waals surface area contributed by atoms with Crippen LogP contribution in [0.1, 0.15) is 6.42 Å². The standard InChI is InChI=1S/C14H17N5O3S2/c20-14-11-4-6-19(9-8-18(11)7-5-15-14)24(21,22)12-3-1-2-10-13(12)17-23-16-10/h1-3,11H,4-9H2,(H,15,20). The van der Waals surface area contributed by atoms with Crippen LogP contribution in [0.4, 0.5) is 0 Å². The van der Waals surface area contributed by atoms with Crippen molar-refractivity contribution in [2.24, 2.45) is 0 Å².